The second kappa shape index (κ2) is 7.44. The van der Waals surface area contributed by atoms with Crippen LogP contribution in [-0.2, 0) is 20.0 Å². The molecule has 124 valence electrons. The molecule has 0 aliphatic rings. The van der Waals surface area contributed by atoms with Crippen LogP contribution in [0.15, 0.2) is 24.3 Å². The number of carbonyl (C=O) groups is 1. The van der Waals surface area contributed by atoms with Gasteiger partial charge in [0, 0.05) is 23.2 Å². The Morgan fingerprint density at radius 2 is 1.95 bits per heavy atom. The highest BCUT2D eigenvalue weighted by Gasteiger charge is 2.25. The molecule has 3 N–H and O–H groups in total. The van der Waals surface area contributed by atoms with Crippen LogP contribution in [0.1, 0.15) is 25.8 Å². The molecular weight excluding hydrogens is 324 g/mol. The Morgan fingerprint density at radius 1 is 1.36 bits per heavy atom. The second-order valence-corrected chi connectivity index (χ2v) is 8.77. The van der Waals surface area contributed by atoms with Gasteiger partial charge in [0.15, 0.2) is 0 Å². The Labute approximate surface area is 137 Å². The van der Waals surface area contributed by atoms with Gasteiger partial charge in [-0.1, -0.05) is 43.6 Å². The van der Waals surface area contributed by atoms with E-state index in [2.05, 4.69) is 5.32 Å². The van der Waals surface area contributed by atoms with Gasteiger partial charge in [-0.25, -0.2) is 8.42 Å². The topological polar surface area (TPSA) is 89.3 Å². The SMILES string of the molecule is CC(C)(CNC(=O)C(N)CCS(C)(=O)=O)c1ccccc1Cl. The third kappa shape index (κ3) is 5.94. The fourth-order valence-corrected chi connectivity index (χ4v) is 3.09. The molecule has 22 heavy (non-hydrogen) atoms. The zero-order valence-electron chi connectivity index (χ0n) is 13.1. The molecule has 0 aromatic heterocycles. The minimum atomic E-state index is -3.12. The van der Waals surface area contributed by atoms with E-state index < -0.39 is 15.9 Å². The molecule has 0 radical (unpaired) electrons. The van der Waals surface area contributed by atoms with Crippen LogP contribution >= 0.6 is 11.6 Å². The van der Waals surface area contributed by atoms with Crippen molar-refractivity contribution in [3.63, 3.8) is 0 Å². The van der Waals surface area contributed by atoms with E-state index in [0.717, 1.165) is 11.8 Å². The first-order chi connectivity index (χ1) is 10.0. The number of hydrogen-bond donors (Lipinski definition) is 2. The highest BCUT2D eigenvalue weighted by atomic mass is 35.5. The predicted molar refractivity (Wildman–Crippen MR) is 89.8 cm³/mol. The molecule has 0 saturated carbocycles. The molecule has 1 unspecified atom stereocenters. The zero-order valence-corrected chi connectivity index (χ0v) is 14.7. The van der Waals surface area contributed by atoms with Gasteiger partial charge in [0.1, 0.15) is 9.84 Å². The van der Waals surface area contributed by atoms with E-state index in [9.17, 15) is 13.2 Å². The Hall–Kier alpha value is -1.11. The summed E-state index contributed by atoms with van der Waals surface area (Å²) in [5.74, 6) is -0.459. The fraction of sp³-hybridized carbons (Fsp3) is 0.533. The van der Waals surface area contributed by atoms with Crippen LogP contribution in [0.3, 0.4) is 0 Å². The molecule has 1 aromatic carbocycles. The molecule has 0 bridgehead atoms. The largest absolute Gasteiger partial charge is 0.354 e. The summed E-state index contributed by atoms with van der Waals surface area (Å²) in [4.78, 5) is 12.0. The van der Waals surface area contributed by atoms with Gasteiger partial charge in [0.25, 0.3) is 0 Å². The summed E-state index contributed by atoms with van der Waals surface area (Å²) < 4.78 is 22.2. The van der Waals surface area contributed by atoms with Crippen LogP contribution in [-0.4, -0.2) is 38.9 Å². The molecule has 0 aliphatic heterocycles. The molecule has 5 nitrogen and oxygen atoms in total. The van der Waals surface area contributed by atoms with Crippen LogP contribution in [0.2, 0.25) is 5.02 Å². The Bertz CT molecular complexity index is 629. The van der Waals surface area contributed by atoms with Crippen molar-refractivity contribution in [3.05, 3.63) is 34.9 Å². The molecule has 7 heteroatoms. The average Bonchev–Trinajstić information content (AvgIpc) is 2.41. The fourth-order valence-electron chi connectivity index (χ4n) is 2.02. The van der Waals surface area contributed by atoms with E-state index in [1.54, 1.807) is 6.07 Å². The van der Waals surface area contributed by atoms with E-state index in [1.807, 2.05) is 32.0 Å². The van der Waals surface area contributed by atoms with Gasteiger partial charge in [-0.2, -0.15) is 0 Å². The Morgan fingerprint density at radius 3 is 2.50 bits per heavy atom. The van der Waals surface area contributed by atoms with E-state index in [0.29, 0.717) is 11.6 Å². The lowest BCUT2D eigenvalue weighted by Gasteiger charge is -2.27. The number of hydrogen-bond acceptors (Lipinski definition) is 4. The molecule has 1 amide bonds. The van der Waals surface area contributed by atoms with Crippen LogP contribution in [0.25, 0.3) is 0 Å². The summed E-state index contributed by atoms with van der Waals surface area (Å²) in [5, 5.41) is 3.41. The van der Waals surface area contributed by atoms with Crippen molar-refractivity contribution in [1.82, 2.24) is 5.32 Å². The minimum Gasteiger partial charge on any atom is -0.354 e. The van der Waals surface area contributed by atoms with Gasteiger partial charge in [0.05, 0.1) is 11.8 Å². The van der Waals surface area contributed by atoms with E-state index in [1.165, 1.54) is 0 Å². The molecular formula is C15H23ClN2O3S. The molecule has 1 rings (SSSR count). The number of sulfone groups is 1. The third-order valence-corrected chi connectivity index (χ3v) is 4.75. The van der Waals surface area contributed by atoms with Gasteiger partial charge in [-0.15, -0.1) is 0 Å². The van der Waals surface area contributed by atoms with Crippen molar-refractivity contribution in [2.24, 2.45) is 5.73 Å². The number of nitrogens with one attached hydrogen (secondary N) is 1. The number of rotatable bonds is 7. The third-order valence-electron chi connectivity index (χ3n) is 3.44. The normalized spacial score (nSPS) is 13.7. The monoisotopic (exact) mass is 346 g/mol. The number of halogens is 1. The zero-order chi connectivity index (χ0) is 17.0. The Balaban J connectivity index is 2.61. The van der Waals surface area contributed by atoms with Crippen molar-refractivity contribution in [2.75, 3.05) is 18.6 Å². The average molecular weight is 347 g/mol. The molecule has 0 aliphatic carbocycles. The van der Waals surface area contributed by atoms with Crippen molar-refractivity contribution in [2.45, 2.75) is 31.7 Å². The van der Waals surface area contributed by atoms with Gasteiger partial charge in [0.2, 0.25) is 5.91 Å². The van der Waals surface area contributed by atoms with E-state index in [4.69, 9.17) is 17.3 Å². The maximum atomic E-state index is 12.0. The summed E-state index contributed by atoms with van der Waals surface area (Å²) in [6, 6.07) is 6.62. The predicted octanol–water partition coefficient (Wildman–Crippen LogP) is 1.50. The number of benzene rings is 1. The molecule has 1 atom stereocenters. The van der Waals surface area contributed by atoms with Gasteiger partial charge in [-0.05, 0) is 18.1 Å². The number of nitrogens with two attached hydrogens (primary N) is 1. The molecule has 0 spiro atoms. The van der Waals surface area contributed by atoms with Crippen LogP contribution in [0, 0.1) is 0 Å². The highest BCUT2D eigenvalue weighted by molar-refractivity contribution is 7.90. The van der Waals surface area contributed by atoms with Crippen LogP contribution < -0.4 is 11.1 Å². The summed E-state index contributed by atoms with van der Waals surface area (Å²) in [6.07, 6.45) is 1.23. The van der Waals surface area contributed by atoms with Crippen LogP contribution in [0.5, 0.6) is 0 Å². The highest BCUT2D eigenvalue weighted by Crippen LogP contribution is 2.28. The number of carbonyl (C=O) groups excluding carboxylic acids is 1. The van der Waals surface area contributed by atoms with Crippen LogP contribution in [0.4, 0.5) is 0 Å². The lowest BCUT2D eigenvalue weighted by atomic mass is 9.84. The van der Waals surface area contributed by atoms with Gasteiger partial charge in [-0.3, -0.25) is 4.79 Å². The Kier molecular flexibility index (Phi) is 6.40. The molecule has 1 aromatic rings. The molecule has 0 saturated heterocycles. The standard InChI is InChI=1S/C15H23ClN2O3S/c1-15(2,11-6-4-5-7-12(11)16)10-18-14(19)13(17)8-9-22(3,20)21/h4-7,13H,8-10,17H2,1-3H3,(H,18,19). The molecule has 0 heterocycles. The van der Waals surface area contributed by atoms with Crippen molar-refractivity contribution >= 4 is 27.3 Å². The smallest absolute Gasteiger partial charge is 0.236 e. The maximum absolute atomic E-state index is 12.0. The molecule has 0 fully saturated rings. The van der Waals surface area contributed by atoms with Crippen molar-refractivity contribution in [1.29, 1.82) is 0 Å². The summed E-state index contributed by atoms with van der Waals surface area (Å²) in [7, 11) is -3.12. The van der Waals surface area contributed by atoms with Gasteiger partial charge < -0.3 is 11.1 Å². The summed E-state index contributed by atoms with van der Waals surface area (Å²) in [6.45, 7) is 4.30. The lowest BCUT2D eigenvalue weighted by Crippen LogP contribution is -2.45. The second-order valence-electron chi connectivity index (χ2n) is 6.11. The first-order valence-electron chi connectivity index (χ1n) is 6.99. The van der Waals surface area contributed by atoms with Gasteiger partial charge >= 0.3 is 0 Å². The van der Waals surface area contributed by atoms with E-state index >= 15 is 0 Å². The quantitative estimate of drug-likeness (QED) is 0.782. The minimum absolute atomic E-state index is 0.102. The van der Waals surface area contributed by atoms with E-state index in [-0.39, 0.29) is 23.5 Å². The lowest BCUT2D eigenvalue weighted by molar-refractivity contribution is -0.122. The first-order valence-corrected chi connectivity index (χ1v) is 9.43. The van der Waals surface area contributed by atoms with Crippen molar-refractivity contribution < 1.29 is 13.2 Å². The summed E-state index contributed by atoms with van der Waals surface area (Å²) >= 11 is 6.18. The van der Waals surface area contributed by atoms with Crippen molar-refractivity contribution in [3.8, 4) is 0 Å². The number of amides is 1. The first kappa shape index (κ1) is 18.9. The summed E-state index contributed by atoms with van der Waals surface area (Å²) in [5.41, 5.74) is 6.30. The maximum Gasteiger partial charge on any atom is 0.236 e.